The summed E-state index contributed by atoms with van der Waals surface area (Å²) >= 11 is 0. The first-order valence-corrected chi connectivity index (χ1v) is 7.89. The molecule has 1 saturated heterocycles. The predicted octanol–water partition coefficient (Wildman–Crippen LogP) is 0.644. The lowest BCUT2D eigenvalue weighted by molar-refractivity contribution is -0.130. The predicted molar refractivity (Wildman–Crippen MR) is 92.5 cm³/mol. The molecule has 0 aliphatic carbocycles. The molecule has 1 aromatic rings. The van der Waals surface area contributed by atoms with Crippen molar-refractivity contribution >= 4 is 30.0 Å². The lowest BCUT2D eigenvalue weighted by Crippen LogP contribution is -2.40. The van der Waals surface area contributed by atoms with Crippen molar-refractivity contribution in [2.24, 2.45) is 5.10 Å². The number of hydrogen-bond donors (Lipinski definition) is 2. The summed E-state index contributed by atoms with van der Waals surface area (Å²) < 4.78 is 4.60. The van der Waals surface area contributed by atoms with Gasteiger partial charge in [0.05, 0.1) is 18.9 Å². The maximum Gasteiger partial charge on any atom is 0.337 e. The average molecular weight is 360 g/mol. The third-order valence-electron chi connectivity index (χ3n) is 3.74. The van der Waals surface area contributed by atoms with Crippen LogP contribution in [0.4, 0.5) is 4.79 Å². The van der Waals surface area contributed by atoms with Gasteiger partial charge in [0.2, 0.25) is 5.91 Å². The minimum atomic E-state index is -0.956. The highest BCUT2D eigenvalue weighted by molar-refractivity contribution is 6.06. The summed E-state index contributed by atoms with van der Waals surface area (Å²) in [5.41, 5.74) is 2.45. The number of rotatable bonds is 6. The normalized spacial score (nSPS) is 15.9. The minimum absolute atomic E-state index is 0.0245. The quantitative estimate of drug-likeness (QED) is 0.334. The second-order valence-electron chi connectivity index (χ2n) is 6.17. The Hall–Kier alpha value is -3.23. The van der Waals surface area contributed by atoms with Gasteiger partial charge in [0.15, 0.2) is 0 Å². The van der Waals surface area contributed by atoms with Gasteiger partial charge in [-0.1, -0.05) is 12.1 Å². The molecule has 138 valence electrons. The maximum absolute atomic E-state index is 12.0. The van der Waals surface area contributed by atoms with Gasteiger partial charge < -0.3 is 10.1 Å². The minimum Gasteiger partial charge on any atom is -0.465 e. The molecule has 1 aliphatic rings. The molecular weight excluding hydrogens is 340 g/mol. The van der Waals surface area contributed by atoms with E-state index in [9.17, 15) is 19.2 Å². The molecule has 9 nitrogen and oxygen atoms in total. The van der Waals surface area contributed by atoms with Crippen molar-refractivity contribution in [1.82, 2.24) is 15.6 Å². The Kier molecular flexibility index (Phi) is 5.71. The number of carbonyl (C=O) groups excluding carboxylic acids is 4. The van der Waals surface area contributed by atoms with Gasteiger partial charge in [-0.2, -0.15) is 5.10 Å². The topological polar surface area (TPSA) is 117 Å². The fourth-order valence-electron chi connectivity index (χ4n) is 2.29. The van der Waals surface area contributed by atoms with Crippen LogP contribution in [-0.4, -0.2) is 54.1 Å². The first-order valence-electron chi connectivity index (χ1n) is 7.89. The number of nitrogens with zero attached hydrogens (tertiary/aromatic N) is 2. The van der Waals surface area contributed by atoms with Gasteiger partial charge >= 0.3 is 12.0 Å². The number of ether oxygens (including phenoxy) is 1. The summed E-state index contributed by atoms with van der Waals surface area (Å²) in [6, 6.07) is 5.94. The number of nitrogens with one attached hydrogen (secondary N) is 2. The van der Waals surface area contributed by atoms with E-state index in [2.05, 4.69) is 20.6 Å². The Morgan fingerprint density at radius 3 is 2.46 bits per heavy atom. The summed E-state index contributed by atoms with van der Waals surface area (Å²) in [4.78, 5) is 47.8. The maximum atomic E-state index is 12.0. The molecule has 1 fully saturated rings. The van der Waals surface area contributed by atoms with Crippen molar-refractivity contribution in [3.63, 3.8) is 0 Å². The molecule has 9 heteroatoms. The Bertz CT molecular complexity index is 755. The van der Waals surface area contributed by atoms with Gasteiger partial charge in [-0.05, 0) is 31.5 Å². The van der Waals surface area contributed by atoms with Crippen molar-refractivity contribution in [1.29, 1.82) is 0 Å². The van der Waals surface area contributed by atoms with Gasteiger partial charge in [0, 0.05) is 13.0 Å². The standard InChI is InChI=1S/C17H20N4O5/c1-17(2)15(24)21(16(25)19-17)9-8-13(22)20-18-10-11-4-6-12(7-5-11)14(23)26-3/h4-7,10H,8-9H2,1-3H3,(H,19,25)(H,20,22)/b18-10-. The number of amides is 4. The van der Waals surface area contributed by atoms with Gasteiger partial charge in [-0.15, -0.1) is 0 Å². The third kappa shape index (κ3) is 4.44. The Morgan fingerprint density at radius 2 is 1.92 bits per heavy atom. The Balaban J connectivity index is 1.82. The zero-order valence-electron chi connectivity index (χ0n) is 14.7. The highest BCUT2D eigenvalue weighted by atomic mass is 16.5. The molecule has 26 heavy (non-hydrogen) atoms. The fourth-order valence-corrected chi connectivity index (χ4v) is 2.29. The smallest absolute Gasteiger partial charge is 0.337 e. The number of urea groups is 1. The van der Waals surface area contributed by atoms with Crippen LogP contribution in [0.3, 0.4) is 0 Å². The summed E-state index contributed by atoms with van der Waals surface area (Å²) in [5, 5.41) is 6.34. The van der Waals surface area contributed by atoms with Crippen LogP contribution in [0, 0.1) is 0 Å². The average Bonchev–Trinajstić information content (AvgIpc) is 2.80. The van der Waals surface area contributed by atoms with Crippen molar-refractivity contribution in [2.75, 3.05) is 13.7 Å². The molecule has 2 rings (SSSR count). The number of methoxy groups -OCH3 is 1. The van der Waals surface area contributed by atoms with Crippen LogP contribution in [0.25, 0.3) is 0 Å². The first-order chi connectivity index (χ1) is 12.2. The van der Waals surface area contributed by atoms with Crippen molar-refractivity contribution in [2.45, 2.75) is 25.8 Å². The van der Waals surface area contributed by atoms with E-state index in [1.165, 1.54) is 13.3 Å². The number of imide groups is 1. The highest BCUT2D eigenvalue weighted by Crippen LogP contribution is 2.16. The number of hydrogen-bond acceptors (Lipinski definition) is 6. The number of esters is 1. The number of benzene rings is 1. The van der Waals surface area contributed by atoms with Crippen molar-refractivity contribution in [3.05, 3.63) is 35.4 Å². The van der Waals surface area contributed by atoms with E-state index in [-0.39, 0.29) is 18.9 Å². The fraction of sp³-hybridized carbons (Fsp3) is 0.353. The van der Waals surface area contributed by atoms with Crippen molar-refractivity contribution in [3.8, 4) is 0 Å². The van der Waals surface area contributed by atoms with Crippen LogP contribution in [0.1, 0.15) is 36.2 Å². The lowest BCUT2D eigenvalue weighted by atomic mass is 10.1. The summed E-state index contributed by atoms with van der Waals surface area (Å²) in [6.45, 7) is 3.18. The molecule has 1 aromatic carbocycles. The van der Waals surface area contributed by atoms with E-state index < -0.39 is 23.4 Å². The molecule has 1 heterocycles. The van der Waals surface area contributed by atoms with E-state index in [0.717, 1.165) is 4.90 Å². The van der Waals surface area contributed by atoms with Crippen LogP contribution < -0.4 is 10.7 Å². The van der Waals surface area contributed by atoms with Crippen LogP contribution >= 0.6 is 0 Å². The molecule has 0 unspecified atom stereocenters. The van der Waals surface area contributed by atoms with Crippen LogP contribution in [0.15, 0.2) is 29.4 Å². The van der Waals surface area contributed by atoms with Crippen LogP contribution in [-0.2, 0) is 14.3 Å². The molecule has 0 spiro atoms. The molecule has 4 amide bonds. The van der Waals surface area contributed by atoms with Crippen LogP contribution in [0.2, 0.25) is 0 Å². The Labute approximate surface area is 150 Å². The highest BCUT2D eigenvalue weighted by Gasteiger charge is 2.43. The largest absolute Gasteiger partial charge is 0.465 e. The van der Waals surface area contributed by atoms with Gasteiger partial charge in [-0.3, -0.25) is 14.5 Å². The molecule has 0 aromatic heterocycles. The van der Waals surface area contributed by atoms with E-state index in [1.807, 2.05) is 0 Å². The molecule has 1 aliphatic heterocycles. The SMILES string of the molecule is COC(=O)c1ccc(/C=N\NC(=O)CCN2C(=O)NC(C)(C)C2=O)cc1. The molecule has 2 N–H and O–H groups in total. The monoisotopic (exact) mass is 360 g/mol. The summed E-state index contributed by atoms with van der Waals surface area (Å²) in [7, 11) is 1.30. The molecule has 0 atom stereocenters. The second kappa shape index (κ2) is 7.77. The zero-order valence-corrected chi connectivity index (χ0v) is 14.7. The zero-order chi connectivity index (χ0) is 19.3. The number of carbonyl (C=O) groups is 4. The van der Waals surface area contributed by atoms with E-state index in [1.54, 1.807) is 38.1 Å². The van der Waals surface area contributed by atoms with E-state index >= 15 is 0 Å². The van der Waals surface area contributed by atoms with Crippen molar-refractivity contribution < 1.29 is 23.9 Å². The third-order valence-corrected chi connectivity index (χ3v) is 3.74. The summed E-state index contributed by atoms with van der Waals surface area (Å²) in [5.74, 6) is -1.24. The van der Waals surface area contributed by atoms with Gasteiger partial charge in [0.1, 0.15) is 5.54 Å². The summed E-state index contributed by atoms with van der Waals surface area (Å²) in [6.07, 6.45) is 1.35. The van der Waals surface area contributed by atoms with Gasteiger partial charge in [-0.25, -0.2) is 15.0 Å². The Morgan fingerprint density at radius 1 is 1.27 bits per heavy atom. The molecule has 0 radical (unpaired) electrons. The van der Waals surface area contributed by atoms with E-state index in [4.69, 9.17) is 0 Å². The van der Waals surface area contributed by atoms with Gasteiger partial charge in [0.25, 0.3) is 5.91 Å². The van der Waals surface area contributed by atoms with Crippen LogP contribution in [0.5, 0.6) is 0 Å². The second-order valence-corrected chi connectivity index (χ2v) is 6.17. The molecule has 0 saturated carbocycles. The molecular formula is C17H20N4O5. The number of hydrazone groups is 1. The molecule has 0 bridgehead atoms. The first kappa shape index (κ1) is 19.1. The lowest BCUT2D eigenvalue weighted by Gasteiger charge is -2.15. The van der Waals surface area contributed by atoms with E-state index in [0.29, 0.717) is 11.1 Å².